The summed E-state index contributed by atoms with van der Waals surface area (Å²) in [6, 6.07) is 14.0. The molecular formula is C21H24N3O5+. The van der Waals surface area contributed by atoms with E-state index in [1.807, 2.05) is 48.7 Å². The van der Waals surface area contributed by atoms with Crippen molar-refractivity contribution in [1.29, 1.82) is 0 Å². The van der Waals surface area contributed by atoms with Gasteiger partial charge in [0, 0.05) is 23.1 Å². The van der Waals surface area contributed by atoms with Crippen LogP contribution < -0.4 is 15.5 Å². The molecule has 2 amide bonds. The van der Waals surface area contributed by atoms with E-state index in [9.17, 15) is 9.59 Å². The van der Waals surface area contributed by atoms with E-state index in [1.54, 1.807) is 24.3 Å². The number of hydrogen-bond acceptors (Lipinski definition) is 5. The molecular weight excluding hydrogens is 374 g/mol. The first-order valence-electron chi connectivity index (χ1n) is 9.13. The number of hydrogen-bond donors (Lipinski definition) is 2. The molecule has 0 unspecified atom stereocenters. The first kappa shape index (κ1) is 20.4. The number of hydroxylamine groups is 1. The van der Waals surface area contributed by atoms with Gasteiger partial charge in [-0.15, -0.1) is 5.48 Å². The molecule has 1 heterocycles. The van der Waals surface area contributed by atoms with Crippen LogP contribution in [0, 0.1) is 0 Å². The molecule has 8 nitrogen and oxygen atoms in total. The Morgan fingerprint density at radius 1 is 1.07 bits per heavy atom. The topological polar surface area (TPSA) is 107 Å². The number of rotatable bonds is 8. The highest BCUT2D eigenvalue weighted by Crippen LogP contribution is 2.26. The van der Waals surface area contributed by atoms with Gasteiger partial charge >= 0.3 is 5.91 Å². The van der Waals surface area contributed by atoms with Gasteiger partial charge in [-0.1, -0.05) is 18.2 Å². The summed E-state index contributed by atoms with van der Waals surface area (Å²) in [6.07, 6.45) is 0. The predicted octanol–water partition coefficient (Wildman–Crippen LogP) is 1.67. The maximum Gasteiger partial charge on any atom is 0.314 e. The Morgan fingerprint density at radius 2 is 1.79 bits per heavy atom. The van der Waals surface area contributed by atoms with Crippen LogP contribution in [0.5, 0.6) is 5.75 Å². The molecule has 3 rings (SSSR count). The highest BCUT2D eigenvalue weighted by Gasteiger charge is 2.20. The number of carbonyl (C=O) groups excluding carboxylic acids is 2. The summed E-state index contributed by atoms with van der Waals surface area (Å²) in [6.45, 7) is 1.15. The number of amides is 2. The molecule has 1 aromatic heterocycles. The molecule has 152 valence electrons. The number of ether oxygens (including phenoxy) is 1. The van der Waals surface area contributed by atoms with Gasteiger partial charge in [-0.2, -0.15) is 0 Å². The summed E-state index contributed by atoms with van der Waals surface area (Å²) in [4.78, 5) is 26.0. The summed E-state index contributed by atoms with van der Waals surface area (Å²) in [5.41, 5.74) is 3.73. The van der Waals surface area contributed by atoms with Crippen LogP contribution in [-0.2, 0) is 6.54 Å². The quantitative estimate of drug-likeness (QED) is 0.341. The number of nitrogens with one attached hydrogen (secondary N) is 2. The third-order valence-corrected chi connectivity index (χ3v) is 4.27. The predicted molar refractivity (Wildman–Crippen MR) is 109 cm³/mol. The van der Waals surface area contributed by atoms with Gasteiger partial charge in [-0.25, -0.2) is 0 Å². The van der Waals surface area contributed by atoms with Gasteiger partial charge in [0.25, 0.3) is 5.91 Å². The van der Waals surface area contributed by atoms with Gasteiger partial charge in [0.05, 0.1) is 6.54 Å². The normalized spacial score (nSPS) is 10.9. The molecule has 0 radical (unpaired) electrons. The van der Waals surface area contributed by atoms with Gasteiger partial charge < -0.3 is 24.6 Å². The lowest BCUT2D eigenvalue weighted by atomic mass is 10.1. The summed E-state index contributed by atoms with van der Waals surface area (Å²) >= 11 is 0. The number of benzene rings is 2. The Morgan fingerprint density at radius 3 is 2.48 bits per heavy atom. The van der Waals surface area contributed by atoms with Crippen LogP contribution in [0.25, 0.3) is 11.0 Å². The standard InChI is InChI=1S/C21H23N3O5/c1-24(2)13-17-16-5-3-4-6-18(16)29-19(17)21(26)22-11-12-28-15-9-7-14(8-10-15)20(25)23-27/h3-10,27H,11-13H2,1-2H3,(H,22,26)(H,23,25)/p+1. The molecule has 2 aromatic carbocycles. The average molecular weight is 398 g/mol. The molecule has 0 bridgehead atoms. The van der Waals surface area contributed by atoms with Crippen molar-refractivity contribution in [3.63, 3.8) is 0 Å². The van der Waals surface area contributed by atoms with Crippen LogP contribution >= 0.6 is 0 Å². The van der Waals surface area contributed by atoms with Gasteiger partial charge in [-0.05, 0) is 44.4 Å². The molecule has 4 N–H and O–H groups in total. The minimum absolute atomic E-state index is 0.263. The lowest BCUT2D eigenvalue weighted by molar-refractivity contribution is 0.0706. The SMILES string of the molecule is CN(C)Cc1c(C(=O)NCCOc2ccc(C(=O)N[OH2+])cc2)oc2ccccc12. The van der Waals surface area contributed by atoms with E-state index in [0.29, 0.717) is 35.7 Å². The number of para-hydroxylation sites is 1. The Bertz CT molecular complexity index is 995. The number of fused-ring (bicyclic) bond motifs is 1. The van der Waals surface area contributed by atoms with Gasteiger partial charge in [-0.3, -0.25) is 9.59 Å². The van der Waals surface area contributed by atoms with Crippen molar-refractivity contribution in [3.8, 4) is 5.75 Å². The van der Waals surface area contributed by atoms with E-state index >= 15 is 0 Å². The van der Waals surface area contributed by atoms with Crippen LogP contribution in [0.1, 0.15) is 26.5 Å². The molecule has 0 aliphatic carbocycles. The third kappa shape index (κ3) is 4.92. The van der Waals surface area contributed by atoms with Crippen molar-refractivity contribution >= 4 is 22.8 Å². The monoisotopic (exact) mass is 398 g/mol. The molecule has 0 fully saturated rings. The zero-order chi connectivity index (χ0) is 20.8. The van der Waals surface area contributed by atoms with Gasteiger partial charge in [0.1, 0.15) is 17.9 Å². The Kier molecular flexibility index (Phi) is 6.48. The number of nitrogens with zero attached hydrogens (tertiary/aromatic N) is 1. The lowest BCUT2D eigenvalue weighted by Gasteiger charge is -2.11. The van der Waals surface area contributed by atoms with E-state index in [2.05, 4.69) is 5.32 Å². The number of furan rings is 1. The summed E-state index contributed by atoms with van der Waals surface area (Å²) in [5.74, 6) is 0.107. The van der Waals surface area contributed by atoms with E-state index < -0.39 is 5.91 Å². The maximum absolute atomic E-state index is 12.6. The van der Waals surface area contributed by atoms with Crippen LogP contribution in [0.2, 0.25) is 0 Å². The van der Waals surface area contributed by atoms with Crippen molar-refractivity contribution in [3.05, 3.63) is 65.4 Å². The summed E-state index contributed by atoms with van der Waals surface area (Å²) < 4.78 is 11.4. The van der Waals surface area contributed by atoms with Crippen LogP contribution in [-0.4, -0.2) is 49.2 Å². The second kappa shape index (κ2) is 9.22. The van der Waals surface area contributed by atoms with Crippen molar-refractivity contribution in [1.82, 2.24) is 15.7 Å². The van der Waals surface area contributed by atoms with E-state index in [1.165, 1.54) is 0 Å². The lowest BCUT2D eigenvalue weighted by Crippen LogP contribution is -2.29. The number of carbonyl (C=O) groups is 2. The summed E-state index contributed by atoms with van der Waals surface area (Å²) in [5, 5.41) is 10.6. The fourth-order valence-electron chi connectivity index (χ4n) is 2.94. The summed E-state index contributed by atoms with van der Waals surface area (Å²) in [7, 11) is 3.88. The van der Waals surface area contributed by atoms with Gasteiger partial charge in [0.15, 0.2) is 5.76 Å². The molecule has 0 aliphatic rings. The average Bonchev–Trinajstić information content (AvgIpc) is 3.09. The fraction of sp³-hybridized carbons (Fsp3) is 0.238. The minimum atomic E-state index is -0.483. The fourth-order valence-corrected chi connectivity index (χ4v) is 2.94. The molecule has 3 aromatic rings. The zero-order valence-corrected chi connectivity index (χ0v) is 16.3. The first-order valence-corrected chi connectivity index (χ1v) is 9.13. The minimum Gasteiger partial charge on any atom is -0.492 e. The highest BCUT2D eigenvalue weighted by atomic mass is 16.5. The largest absolute Gasteiger partial charge is 0.492 e. The first-order chi connectivity index (χ1) is 14.0. The Hall–Kier alpha value is -3.36. The molecule has 0 spiro atoms. The van der Waals surface area contributed by atoms with E-state index in [0.717, 1.165) is 10.9 Å². The molecule has 29 heavy (non-hydrogen) atoms. The highest BCUT2D eigenvalue weighted by molar-refractivity contribution is 5.99. The molecule has 8 heteroatoms. The Labute approximate surface area is 168 Å². The van der Waals surface area contributed by atoms with E-state index in [-0.39, 0.29) is 12.5 Å². The van der Waals surface area contributed by atoms with Crippen molar-refractivity contribution in [2.45, 2.75) is 6.54 Å². The van der Waals surface area contributed by atoms with Crippen LogP contribution in [0.3, 0.4) is 0 Å². The van der Waals surface area contributed by atoms with Crippen molar-refractivity contribution in [2.75, 3.05) is 27.2 Å². The molecule has 0 atom stereocenters. The third-order valence-electron chi connectivity index (χ3n) is 4.27. The second-order valence-corrected chi connectivity index (χ2v) is 6.73. The van der Waals surface area contributed by atoms with Crippen LogP contribution in [0.4, 0.5) is 0 Å². The second-order valence-electron chi connectivity index (χ2n) is 6.73. The smallest absolute Gasteiger partial charge is 0.314 e. The maximum atomic E-state index is 12.6. The zero-order valence-electron chi connectivity index (χ0n) is 16.3. The van der Waals surface area contributed by atoms with Crippen LogP contribution in [0.15, 0.2) is 52.9 Å². The Balaban J connectivity index is 1.59. The molecule has 0 saturated heterocycles. The van der Waals surface area contributed by atoms with E-state index in [4.69, 9.17) is 14.4 Å². The van der Waals surface area contributed by atoms with Crippen molar-refractivity contribution < 1.29 is 24.0 Å². The van der Waals surface area contributed by atoms with Gasteiger partial charge in [0.2, 0.25) is 0 Å². The molecule has 0 saturated carbocycles. The van der Waals surface area contributed by atoms with Crippen molar-refractivity contribution in [2.24, 2.45) is 0 Å². The molecule has 0 aliphatic heterocycles.